The van der Waals surface area contributed by atoms with Crippen LogP contribution < -0.4 is 5.32 Å². The van der Waals surface area contributed by atoms with Gasteiger partial charge in [0.05, 0.1) is 12.3 Å². The Morgan fingerprint density at radius 1 is 1.67 bits per heavy atom. The van der Waals surface area contributed by atoms with E-state index in [0.29, 0.717) is 6.54 Å². The van der Waals surface area contributed by atoms with Crippen LogP contribution in [0.25, 0.3) is 0 Å². The van der Waals surface area contributed by atoms with Crippen LogP contribution in [0.15, 0.2) is 12.4 Å². The number of hydrogen-bond donors (Lipinski definition) is 1. The maximum absolute atomic E-state index is 11.4. The molecule has 0 bridgehead atoms. The first-order valence-electron chi connectivity index (χ1n) is 5.07. The molecule has 15 heavy (non-hydrogen) atoms. The largest absolute Gasteiger partial charge is 0.376 e. The van der Waals surface area contributed by atoms with Crippen LogP contribution in [-0.4, -0.2) is 40.2 Å². The quantitative estimate of drug-likeness (QED) is 0.732. The zero-order valence-corrected chi connectivity index (χ0v) is 8.43. The number of carbonyl (C=O) groups excluding carboxylic acids is 1. The molecule has 1 atom stereocenters. The van der Waals surface area contributed by atoms with Crippen molar-refractivity contribution in [1.82, 2.24) is 20.3 Å². The Bertz CT molecular complexity index is 306. The van der Waals surface area contributed by atoms with Crippen molar-refractivity contribution in [2.45, 2.75) is 25.5 Å². The second-order valence-electron chi connectivity index (χ2n) is 3.54. The summed E-state index contributed by atoms with van der Waals surface area (Å²) in [5.41, 5.74) is 0. The summed E-state index contributed by atoms with van der Waals surface area (Å²) in [6.07, 6.45) is 5.51. The maximum atomic E-state index is 11.4. The smallest absolute Gasteiger partial charge is 0.241 e. The average molecular weight is 210 g/mol. The van der Waals surface area contributed by atoms with Gasteiger partial charge in [0.1, 0.15) is 6.54 Å². The normalized spacial score (nSPS) is 20.4. The minimum absolute atomic E-state index is 0.0593. The first-order valence-corrected chi connectivity index (χ1v) is 5.07. The van der Waals surface area contributed by atoms with Crippen LogP contribution >= 0.6 is 0 Å². The van der Waals surface area contributed by atoms with E-state index in [-0.39, 0.29) is 18.6 Å². The summed E-state index contributed by atoms with van der Waals surface area (Å²) >= 11 is 0. The van der Waals surface area contributed by atoms with E-state index >= 15 is 0 Å². The first kappa shape index (κ1) is 10.1. The number of amides is 1. The van der Waals surface area contributed by atoms with Crippen molar-refractivity contribution < 1.29 is 9.53 Å². The molecule has 0 aromatic carbocycles. The summed E-state index contributed by atoms with van der Waals surface area (Å²) in [6.45, 7) is 1.61. The van der Waals surface area contributed by atoms with Crippen molar-refractivity contribution in [1.29, 1.82) is 0 Å². The number of nitrogens with one attached hydrogen (secondary N) is 1. The summed E-state index contributed by atoms with van der Waals surface area (Å²) in [5, 5.41) is 10.1. The highest BCUT2D eigenvalue weighted by atomic mass is 16.5. The Morgan fingerprint density at radius 3 is 3.27 bits per heavy atom. The molecule has 1 fully saturated rings. The van der Waals surface area contributed by atoms with E-state index in [1.54, 1.807) is 12.4 Å². The van der Waals surface area contributed by atoms with Gasteiger partial charge in [0, 0.05) is 19.3 Å². The molecule has 6 nitrogen and oxygen atoms in total. The highest BCUT2D eigenvalue weighted by molar-refractivity contribution is 5.75. The molecule has 1 aliphatic heterocycles. The lowest BCUT2D eigenvalue weighted by molar-refractivity contribution is -0.122. The topological polar surface area (TPSA) is 69.0 Å². The summed E-state index contributed by atoms with van der Waals surface area (Å²) < 4.78 is 6.88. The molecule has 0 spiro atoms. The lowest BCUT2D eigenvalue weighted by Gasteiger charge is -2.10. The molecular weight excluding hydrogens is 196 g/mol. The molecule has 0 radical (unpaired) electrons. The second-order valence-corrected chi connectivity index (χ2v) is 3.54. The predicted octanol–water partition coefficient (Wildman–Crippen LogP) is -0.427. The molecular formula is C9H14N4O2. The highest BCUT2D eigenvalue weighted by Gasteiger charge is 2.16. The van der Waals surface area contributed by atoms with Gasteiger partial charge in [-0.3, -0.25) is 4.79 Å². The molecule has 1 aliphatic rings. The fraction of sp³-hybridized carbons (Fsp3) is 0.667. The van der Waals surface area contributed by atoms with Gasteiger partial charge in [-0.2, -0.15) is 0 Å². The van der Waals surface area contributed by atoms with Gasteiger partial charge < -0.3 is 10.1 Å². The number of ether oxygens (including phenoxy) is 1. The van der Waals surface area contributed by atoms with Crippen LogP contribution in [0.5, 0.6) is 0 Å². The standard InChI is InChI=1S/C9H14N4O2/c14-9(7-13-4-3-11-12-13)10-6-8-2-1-5-15-8/h3-4,8H,1-2,5-7H2,(H,10,14). The Morgan fingerprint density at radius 2 is 2.60 bits per heavy atom. The molecule has 1 amide bonds. The monoisotopic (exact) mass is 210 g/mol. The van der Waals surface area contributed by atoms with Crippen molar-refractivity contribution in [3.63, 3.8) is 0 Å². The van der Waals surface area contributed by atoms with E-state index in [4.69, 9.17) is 4.74 Å². The minimum atomic E-state index is -0.0593. The Kier molecular flexibility index (Phi) is 3.29. The molecule has 1 unspecified atom stereocenters. The van der Waals surface area contributed by atoms with Crippen molar-refractivity contribution >= 4 is 5.91 Å². The SMILES string of the molecule is O=C(Cn1ccnn1)NCC1CCCO1. The fourth-order valence-electron chi connectivity index (χ4n) is 1.55. The van der Waals surface area contributed by atoms with E-state index in [9.17, 15) is 4.79 Å². The molecule has 1 saturated heterocycles. The molecule has 1 N–H and O–H groups in total. The molecule has 0 aliphatic carbocycles. The van der Waals surface area contributed by atoms with Gasteiger partial charge in [-0.1, -0.05) is 5.21 Å². The van der Waals surface area contributed by atoms with Crippen LogP contribution in [0.4, 0.5) is 0 Å². The molecule has 0 saturated carbocycles. The zero-order valence-electron chi connectivity index (χ0n) is 8.43. The van der Waals surface area contributed by atoms with Gasteiger partial charge in [-0.15, -0.1) is 5.10 Å². The lowest BCUT2D eigenvalue weighted by atomic mass is 10.2. The second kappa shape index (κ2) is 4.88. The highest BCUT2D eigenvalue weighted by Crippen LogP contribution is 2.10. The van der Waals surface area contributed by atoms with Crippen molar-refractivity contribution in [2.75, 3.05) is 13.2 Å². The number of hydrogen-bond acceptors (Lipinski definition) is 4. The van der Waals surface area contributed by atoms with Crippen molar-refractivity contribution in [3.8, 4) is 0 Å². The summed E-state index contributed by atoms with van der Waals surface area (Å²) in [4.78, 5) is 11.4. The van der Waals surface area contributed by atoms with Crippen LogP contribution in [0.3, 0.4) is 0 Å². The van der Waals surface area contributed by atoms with Crippen molar-refractivity contribution in [3.05, 3.63) is 12.4 Å². The van der Waals surface area contributed by atoms with Gasteiger partial charge in [0.15, 0.2) is 0 Å². The van der Waals surface area contributed by atoms with Crippen LogP contribution in [0.1, 0.15) is 12.8 Å². The third kappa shape index (κ3) is 3.02. The van der Waals surface area contributed by atoms with E-state index in [1.807, 2.05) is 0 Å². The molecule has 2 rings (SSSR count). The zero-order chi connectivity index (χ0) is 10.5. The lowest BCUT2D eigenvalue weighted by Crippen LogP contribution is -2.34. The molecule has 2 heterocycles. The molecule has 6 heteroatoms. The van der Waals surface area contributed by atoms with Gasteiger partial charge in [-0.25, -0.2) is 4.68 Å². The molecule has 1 aromatic rings. The van der Waals surface area contributed by atoms with Crippen LogP contribution in [-0.2, 0) is 16.1 Å². The van der Waals surface area contributed by atoms with Gasteiger partial charge in [0.25, 0.3) is 0 Å². The number of nitrogens with zero attached hydrogens (tertiary/aromatic N) is 3. The van der Waals surface area contributed by atoms with E-state index < -0.39 is 0 Å². The first-order chi connectivity index (χ1) is 7.34. The number of aromatic nitrogens is 3. The third-order valence-electron chi connectivity index (χ3n) is 2.33. The summed E-state index contributed by atoms with van der Waals surface area (Å²) in [5.74, 6) is -0.0593. The van der Waals surface area contributed by atoms with E-state index in [2.05, 4.69) is 15.6 Å². The van der Waals surface area contributed by atoms with Gasteiger partial charge >= 0.3 is 0 Å². The Balaban J connectivity index is 1.68. The molecule has 1 aromatic heterocycles. The number of rotatable bonds is 4. The van der Waals surface area contributed by atoms with Crippen LogP contribution in [0.2, 0.25) is 0 Å². The van der Waals surface area contributed by atoms with Gasteiger partial charge in [0.2, 0.25) is 5.91 Å². The Hall–Kier alpha value is -1.43. The average Bonchev–Trinajstić information content (AvgIpc) is 2.86. The Labute approximate surface area is 87.6 Å². The van der Waals surface area contributed by atoms with Crippen molar-refractivity contribution in [2.24, 2.45) is 0 Å². The fourth-order valence-corrected chi connectivity index (χ4v) is 1.55. The van der Waals surface area contributed by atoms with E-state index in [0.717, 1.165) is 19.4 Å². The summed E-state index contributed by atoms with van der Waals surface area (Å²) in [6, 6.07) is 0. The number of carbonyl (C=O) groups is 1. The third-order valence-corrected chi connectivity index (χ3v) is 2.33. The molecule has 82 valence electrons. The predicted molar refractivity (Wildman–Crippen MR) is 52.0 cm³/mol. The minimum Gasteiger partial charge on any atom is -0.376 e. The maximum Gasteiger partial charge on any atom is 0.241 e. The van der Waals surface area contributed by atoms with Gasteiger partial charge in [-0.05, 0) is 12.8 Å². The van der Waals surface area contributed by atoms with Crippen LogP contribution in [0, 0.1) is 0 Å². The van der Waals surface area contributed by atoms with E-state index in [1.165, 1.54) is 4.68 Å². The summed E-state index contributed by atoms with van der Waals surface area (Å²) in [7, 11) is 0.